The number of rotatable bonds is 4. The van der Waals surface area contributed by atoms with Crippen molar-refractivity contribution in [3.8, 4) is 0 Å². The molecule has 25 heavy (non-hydrogen) atoms. The number of nitrogens with one attached hydrogen (secondary N) is 1. The second-order valence-corrected chi connectivity index (χ2v) is 6.86. The lowest BCUT2D eigenvalue weighted by molar-refractivity contribution is -0.131. The minimum atomic E-state index is -0.514. The van der Waals surface area contributed by atoms with Crippen molar-refractivity contribution >= 4 is 28.5 Å². The van der Waals surface area contributed by atoms with Gasteiger partial charge in [0.25, 0.3) is 0 Å². The van der Waals surface area contributed by atoms with Crippen LogP contribution < -0.4 is 5.32 Å². The molecule has 0 fully saturated rings. The van der Waals surface area contributed by atoms with E-state index < -0.39 is 6.09 Å². The van der Waals surface area contributed by atoms with Crippen LogP contribution in [0.1, 0.15) is 34.5 Å². The highest BCUT2D eigenvalue weighted by molar-refractivity contribution is 7.15. The number of hydrogen-bond donors (Lipinski definition) is 1. The molecule has 0 bridgehead atoms. The van der Waals surface area contributed by atoms with Crippen LogP contribution in [0.25, 0.3) is 0 Å². The van der Waals surface area contributed by atoms with E-state index in [-0.39, 0.29) is 12.3 Å². The number of anilines is 1. The smallest absolute Gasteiger partial charge is 0.413 e. The molecular weight excluding hydrogens is 344 g/mol. The van der Waals surface area contributed by atoms with E-state index >= 15 is 0 Å². The van der Waals surface area contributed by atoms with Gasteiger partial charge in [-0.2, -0.15) is 0 Å². The molecule has 3 rings (SSSR count). The van der Waals surface area contributed by atoms with E-state index in [0.29, 0.717) is 37.0 Å². The Morgan fingerprint density at radius 1 is 1.40 bits per heavy atom. The van der Waals surface area contributed by atoms with Crippen LogP contribution in [0, 0.1) is 13.8 Å². The Balaban J connectivity index is 1.65. The van der Waals surface area contributed by atoms with Crippen LogP contribution in [0.4, 0.5) is 9.93 Å². The van der Waals surface area contributed by atoms with E-state index in [2.05, 4.69) is 15.5 Å². The highest BCUT2D eigenvalue weighted by Crippen LogP contribution is 2.29. The topological polar surface area (TPSA) is 97.6 Å². The summed E-state index contributed by atoms with van der Waals surface area (Å²) in [5.74, 6) is 0.718. The number of carbonyl (C=O) groups excluding carboxylic acids is 2. The molecule has 0 radical (unpaired) electrons. The maximum Gasteiger partial charge on any atom is 0.413 e. The first-order valence-corrected chi connectivity index (χ1v) is 8.91. The van der Waals surface area contributed by atoms with E-state index in [1.807, 2.05) is 13.8 Å². The van der Waals surface area contributed by atoms with Crippen LogP contribution in [0.5, 0.6) is 0 Å². The Hall–Kier alpha value is -2.42. The molecule has 0 aliphatic carbocycles. The highest BCUT2D eigenvalue weighted by Gasteiger charge is 2.26. The molecule has 0 unspecified atom stereocenters. The van der Waals surface area contributed by atoms with Crippen molar-refractivity contribution in [2.45, 2.75) is 40.2 Å². The van der Waals surface area contributed by atoms with E-state index in [1.54, 1.807) is 11.8 Å². The molecule has 0 saturated carbocycles. The summed E-state index contributed by atoms with van der Waals surface area (Å²) in [5.41, 5.74) is 2.53. The van der Waals surface area contributed by atoms with Crippen LogP contribution in [-0.4, -0.2) is 40.2 Å². The zero-order valence-corrected chi connectivity index (χ0v) is 15.2. The van der Waals surface area contributed by atoms with Gasteiger partial charge < -0.3 is 14.2 Å². The maximum absolute atomic E-state index is 12.6. The van der Waals surface area contributed by atoms with Crippen molar-refractivity contribution in [1.29, 1.82) is 0 Å². The van der Waals surface area contributed by atoms with Crippen molar-refractivity contribution in [1.82, 2.24) is 15.0 Å². The Bertz CT molecular complexity index is 779. The molecule has 1 aliphatic rings. The first-order valence-electron chi connectivity index (χ1n) is 8.09. The van der Waals surface area contributed by atoms with Gasteiger partial charge in [0, 0.05) is 23.4 Å². The van der Waals surface area contributed by atoms with Crippen LogP contribution in [0.3, 0.4) is 0 Å². The van der Waals surface area contributed by atoms with Crippen LogP contribution in [-0.2, 0) is 28.9 Å². The molecule has 1 aliphatic heterocycles. The predicted octanol–water partition coefficient (Wildman–Crippen LogP) is 2.44. The van der Waals surface area contributed by atoms with Crippen molar-refractivity contribution in [2.24, 2.45) is 0 Å². The van der Waals surface area contributed by atoms with Crippen LogP contribution >= 0.6 is 11.3 Å². The summed E-state index contributed by atoms with van der Waals surface area (Å²) in [6.45, 7) is 6.81. The van der Waals surface area contributed by atoms with Gasteiger partial charge in [-0.15, -0.1) is 0 Å². The van der Waals surface area contributed by atoms with Gasteiger partial charge >= 0.3 is 6.09 Å². The maximum atomic E-state index is 12.6. The van der Waals surface area contributed by atoms with Crippen molar-refractivity contribution in [3.63, 3.8) is 0 Å². The van der Waals surface area contributed by atoms with Crippen LogP contribution in [0.2, 0.25) is 0 Å². The van der Waals surface area contributed by atoms with Crippen molar-refractivity contribution < 1.29 is 18.8 Å². The van der Waals surface area contributed by atoms with E-state index in [9.17, 15) is 9.59 Å². The molecule has 3 heterocycles. The molecule has 9 heteroatoms. The number of aromatic nitrogens is 2. The predicted molar refractivity (Wildman–Crippen MR) is 91.6 cm³/mol. The number of hydrogen-bond acceptors (Lipinski definition) is 7. The third-order valence-electron chi connectivity index (χ3n) is 4.08. The van der Waals surface area contributed by atoms with Gasteiger partial charge in [0.2, 0.25) is 5.91 Å². The number of carbonyl (C=O) groups is 2. The average Bonchev–Trinajstić information content (AvgIpc) is 3.11. The molecule has 0 atom stereocenters. The quantitative estimate of drug-likeness (QED) is 0.895. The minimum absolute atomic E-state index is 0.0355. The second-order valence-electron chi connectivity index (χ2n) is 5.78. The van der Waals surface area contributed by atoms with Gasteiger partial charge in [0.1, 0.15) is 5.76 Å². The Morgan fingerprint density at radius 3 is 2.88 bits per heavy atom. The Kier molecular flexibility index (Phi) is 5.03. The van der Waals surface area contributed by atoms with Crippen LogP contribution in [0.15, 0.2) is 4.52 Å². The molecule has 2 aromatic heterocycles. The molecule has 0 aromatic carbocycles. The molecule has 0 saturated heterocycles. The summed E-state index contributed by atoms with van der Waals surface area (Å²) in [4.78, 5) is 31.3. The van der Waals surface area contributed by atoms with E-state index in [0.717, 1.165) is 21.8 Å². The van der Waals surface area contributed by atoms with Crippen molar-refractivity contribution in [2.75, 3.05) is 18.5 Å². The number of thiazole rings is 1. The van der Waals surface area contributed by atoms with Gasteiger partial charge in [-0.25, -0.2) is 9.78 Å². The van der Waals surface area contributed by atoms with Gasteiger partial charge in [0.15, 0.2) is 5.13 Å². The minimum Gasteiger partial charge on any atom is -0.450 e. The number of amides is 2. The number of fused-ring (bicyclic) bond motifs is 1. The zero-order valence-electron chi connectivity index (χ0n) is 14.4. The Morgan fingerprint density at radius 2 is 2.20 bits per heavy atom. The fraction of sp³-hybridized carbons (Fsp3) is 0.500. The molecular formula is C16H20N4O4S. The summed E-state index contributed by atoms with van der Waals surface area (Å²) in [6.07, 6.45) is 0.437. The molecule has 8 nitrogen and oxygen atoms in total. The van der Waals surface area contributed by atoms with E-state index in [1.165, 1.54) is 11.3 Å². The number of ether oxygens (including phenoxy) is 1. The third-order valence-corrected chi connectivity index (χ3v) is 5.08. The Labute approximate surface area is 149 Å². The fourth-order valence-electron chi connectivity index (χ4n) is 2.73. The van der Waals surface area contributed by atoms with Gasteiger partial charge in [-0.1, -0.05) is 16.5 Å². The molecule has 0 spiro atoms. The average molecular weight is 364 g/mol. The molecule has 2 amide bonds. The largest absolute Gasteiger partial charge is 0.450 e. The summed E-state index contributed by atoms with van der Waals surface area (Å²) >= 11 is 1.38. The number of nitrogens with zero attached hydrogens (tertiary/aromatic N) is 3. The lowest BCUT2D eigenvalue weighted by atomic mass is 10.1. The highest BCUT2D eigenvalue weighted by atomic mass is 32.1. The first kappa shape index (κ1) is 17.4. The van der Waals surface area contributed by atoms with Gasteiger partial charge in [-0.3, -0.25) is 10.1 Å². The monoisotopic (exact) mass is 364 g/mol. The molecule has 2 aromatic rings. The molecule has 134 valence electrons. The normalized spacial score (nSPS) is 13.5. The first-order chi connectivity index (χ1) is 12.0. The second kappa shape index (κ2) is 7.22. The van der Waals surface area contributed by atoms with Gasteiger partial charge in [-0.05, 0) is 20.8 Å². The molecule has 1 N–H and O–H groups in total. The fourth-order valence-corrected chi connectivity index (χ4v) is 3.74. The summed E-state index contributed by atoms with van der Waals surface area (Å²) in [6, 6.07) is 0. The summed E-state index contributed by atoms with van der Waals surface area (Å²) in [5, 5.41) is 7.01. The lowest BCUT2D eigenvalue weighted by Gasteiger charge is -2.26. The SMILES string of the molecule is CCOC(=O)Nc1nc2c(s1)CN(C(=O)Cc1c(C)noc1C)CC2. The third kappa shape index (κ3) is 3.81. The van der Waals surface area contributed by atoms with Gasteiger partial charge in [0.05, 0.1) is 31.0 Å². The van der Waals surface area contributed by atoms with Crippen molar-refractivity contribution in [3.05, 3.63) is 27.6 Å². The number of aryl methyl sites for hydroxylation is 2. The summed E-state index contributed by atoms with van der Waals surface area (Å²) < 4.78 is 9.97. The zero-order chi connectivity index (χ0) is 18.0. The lowest BCUT2D eigenvalue weighted by Crippen LogP contribution is -2.36. The standard InChI is InChI=1S/C16H20N4O4S/c1-4-23-16(22)18-15-17-12-5-6-20(8-13(12)25-15)14(21)7-11-9(2)19-24-10(11)3/h4-8H2,1-3H3,(H,17,18,22). The van der Waals surface area contributed by atoms with E-state index in [4.69, 9.17) is 9.26 Å². The summed E-state index contributed by atoms with van der Waals surface area (Å²) in [7, 11) is 0.